The van der Waals surface area contributed by atoms with Crippen molar-refractivity contribution in [3.05, 3.63) is 27.9 Å². The van der Waals surface area contributed by atoms with E-state index in [4.69, 9.17) is 0 Å². The molecule has 0 spiro atoms. The Bertz CT molecular complexity index is 534. The summed E-state index contributed by atoms with van der Waals surface area (Å²) in [5.74, 6) is 0.374. The minimum atomic E-state index is -0.519. The molecule has 2 fully saturated rings. The highest BCUT2D eigenvalue weighted by atomic mass is 35.5. The number of amides is 1. The molecule has 1 aromatic heterocycles. The summed E-state index contributed by atoms with van der Waals surface area (Å²) in [5.41, 5.74) is 0.305. The number of aromatic nitrogens is 1. The predicted octanol–water partition coefficient (Wildman–Crippen LogP) is 1.95. The first-order valence-corrected chi connectivity index (χ1v) is 7.51. The molecule has 1 unspecified atom stereocenters. The van der Waals surface area contributed by atoms with Crippen LogP contribution >= 0.6 is 12.4 Å². The van der Waals surface area contributed by atoms with Crippen LogP contribution in [0.5, 0.6) is 0 Å². The number of hydrogen-bond acceptors (Lipinski definition) is 4. The standard InChI is InChI=1S/C14H20N4O3.ClH/c19-14(12-3-4-13(16-12)18(20)21)17-8-5-10(6-9-17)11-2-1-7-15-11;/h3-4,10-11,15-16H,1-2,5-9H2;1H. The van der Waals surface area contributed by atoms with Crippen molar-refractivity contribution >= 4 is 24.1 Å². The summed E-state index contributed by atoms with van der Waals surface area (Å²) in [5, 5.41) is 14.2. The summed E-state index contributed by atoms with van der Waals surface area (Å²) in [7, 11) is 0. The van der Waals surface area contributed by atoms with Gasteiger partial charge < -0.3 is 20.3 Å². The van der Waals surface area contributed by atoms with Gasteiger partial charge in [-0.25, -0.2) is 4.98 Å². The monoisotopic (exact) mass is 328 g/mol. The van der Waals surface area contributed by atoms with Crippen LogP contribution in [0.1, 0.15) is 36.2 Å². The molecule has 0 saturated carbocycles. The zero-order chi connectivity index (χ0) is 14.8. The van der Waals surface area contributed by atoms with Crippen molar-refractivity contribution in [3.63, 3.8) is 0 Å². The molecule has 0 aliphatic carbocycles. The Labute approximate surface area is 135 Å². The zero-order valence-electron chi connectivity index (χ0n) is 12.3. The van der Waals surface area contributed by atoms with Crippen LogP contribution in [0.2, 0.25) is 0 Å². The summed E-state index contributed by atoms with van der Waals surface area (Å²) in [6.07, 6.45) is 4.50. The summed E-state index contributed by atoms with van der Waals surface area (Å²) in [4.78, 5) is 26.8. The Morgan fingerprint density at radius 2 is 2.00 bits per heavy atom. The SMILES string of the molecule is Cl.O=C(c1ccc([N+](=O)[O-])[nH]1)N1CCC(C2CCCN2)CC1. The number of halogens is 1. The molecule has 0 bridgehead atoms. The molecule has 2 saturated heterocycles. The van der Waals surface area contributed by atoms with E-state index >= 15 is 0 Å². The lowest BCUT2D eigenvalue weighted by molar-refractivity contribution is -0.389. The lowest BCUT2D eigenvalue weighted by Gasteiger charge is -2.34. The van der Waals surface area contributed by atoms with E-state index in [0.29, 0.717) is 17.7 Å². The average molecular weight is 329 g/mol. The molecule has 2 aliphatic heterocycles. The van der Waals surface area contributed by atoms with Gasteiger partial charge >= 0.3 is 5.82 Å². The quantitative estimate of drug-likeness (QED) is 0.655. The van der Waals surface area contributed by atoms with Gasteiger partial charge in [0.2, 0.25) is 0 Å². The third-order valence-electron chi connectivity index (χ3n) is 4.59. The van der Waals surface area contributed by atoms with Gasteiger partial charge in [-0.3, -0.25) is 4.79 Å². The van der Waals surface area contributed by atoms with Crippen LogP contribution in [0.3, 0.4) is 0 Å². The van der Waals surface area contributed by atoms with Gasteiger partial charge in [0.05, 0.1) is 0 Å². The largest absolute Gasteiger partial charge is 0.358 e. The minimum absolute atomic E-state index is 0. The van der Waals surface area contributed by atoms with Gasteiger partial charge in [-0.1, -0.05) is 0 Å². The number of likely N-dealkylation sites (tertiary alicyclic amines) is 1. The molecule has 1 aromatic rings. The number of H-pyrrole nitrogens is 1. The molecular weight excluding hydrogens is 308 g/mol. The number of aromatic amines is 1. The Balaban J connectivity index is 0.00000176. The number of rotatable bonds is 3. The molecule has 3 heterocycles. The van der Waals surface area contributed by atoms with Crippen LogP contribution in [-0.4, -0.2) is 46.4 Å². The van der Waals surface area contributed by atoms with Gasteiger partial charge in [-0.15, -0.1) is 12.4 Å². The van der Waals surface area contributed by atoms with Crippen molar-refractivity contribution in [2.45, 2.75) is 31.7 Å². The van der Waals surface area contributed by atoms with Gasteiger partial charge in [-0.05, 0) is 49.1 Å². The summed E-state index contributed by atoms with van der Waals surface area (Å²) in [6, 6.07) is 3.43. The van der Waals surface area contributed by atoms with Crippen molar-refractivity contribution in [3.8, 4) is 0 Å². The lowest BCUT2D eigenvalue weighted by Crippen LogP contribution is -2.43. The van der Waals surface area contributed by atoms with Gasteiger partial charge in [0.1, 0.15) is 0 Å². The van der Waals surface area contributed by atoms with E-state index in [1.807, 2.05) is 0 Å². The molecule has 22 heavy (non-hydrogen) atoms. The van der Waals surface area contributed by atoms with E-state index < -0.39 is 4.92 Å². The highest BCUT2D eigenvalue weighted by Gasteiger charge is 2.31. The fraction of sp³-hybridized carbons (Fsp3) is 0.643. The second-order valence-electron chi connectivity index (χ2n) is 5.85. The van der Waals surface area contributed by atoms with Crippen molar-refractivity contribution < 1.29 is 9.72 Å². The number of nitrogens with one attached hydrogen (secondary N) is 2. The maximum absolute atomic E-state index is 12.3. The summed E-state index contributed by atoms with van der Waals surface area (Å²) >= 11 is 0. The van der Waals surface area contributed by atoms with Gasteiger partial charge in [-0.2, -0.15) is 0 Å². The third kappa shape index (κ3) is 3.41. The molecular formula is C14H21ClN4O3. The van der Waals surface area contributed by atoms with Crippen LogP contribution in [0.4, 0.5) is 5.82 Å². The molecule has 0 aromatic carbocycles. The van der Waals surface area contributed by atoms with Crippen molar-refractivity contribution in [1.82, 2.24) is 15.2 Å². The molecule has 1 atom stereocenters. The van der Waals surface area contributed by atoms with Gasteiger partial charge in [0.15, 0.2) is 5.69 Å². The number of carbonyl (C=O) groups is 1. The topological polar surface area (TPSA) is 91.3 Å². The minimum Gasteiger partial charge on any atom is -0.358 e. The number of hydrogen-bond donors (Lipinski definition) is 2. The highest BCUT2D eigenvalue weighted by Crippen LogP contribution is 2.26. The summed E-state index contributed by atoms with van der Waals surface area (Å²) < 4.78 is 0. The van der Waals surface area contributed by atoms with Crippen LogP contribution in [0.25, 0.3) is 0 Å². The fourth-order valence-electron chi connectivity index (χ4n) is 3.40. The zero-order valence-corrected chi connectivity index (χ0v) is 13.1. The van der Waals surface area contributed by atoms with Crippen molar-refractivity contribution in [2.24, 2.45) is 5.92 Å². The predicted molar refractivity (Wildman–Crippen MR) is 84.3 cm³/mol. The third-order valence-corrected chi connectivity index (χ3v) is 4.59. The second kappa shape index (κ2) is 7.11. The second-order valence-corrected chi connectivity index (χ2v) is 5.85. The Morgan fingerprint density at radius 3 is 2.55 bits per heavy atom. The first kappa shape index (κ1) is 16.8. The van der Waals surface area contributed by atoms with Gasteiger partial charge in [0.25, 0.3) is 5.91 Å². The Hall–Kier alpha value is -1.60. The number of piperidine rings is 1. The molecule has 7 nitrogen and oxygen atoms in total. The number of nitro groups is 1. The average Bonchev–Trinajstić information content (AvgIpc) is 3.18. The fourth-order valence-corrected chi connectivity index (χ4v) is 3.40. The number of nitrogens with zero attached hydrogens (tertiary/aromatic N) is 2. The normalized spacial score (nSPS) is 22.4. The van der Waals surface area contributed by atoms with Crippen LogP contribution in [0.15, 0.2) is 12.1 Å². The maximum Gasteiger partial charge on any atom is 0.321 e. The molecule has 2 N–H and O–H groups in total. The van der Waals surface area contributed by atoms with E-state index in [2.05, 4.69) is 10.3 Å². The van der Waals surface area contributed by atoms with E-state index in [9.17, 15) is 14.9 Å². The first-order chi connectivity index (χ1) is 10.1. The van der Waals surface area contributed by atoms with Crippen LogP contribution in [0, 0.1) is 16.0 Å². The van der Waals surface area contributed by atoms with Crippen LogP contribution < -0.4 is 5.32 Å². The molecule has 8 heteroatoms. The van der Waals surface area contributed by atoms with E-state index in [1.54, 1.807) is 4.90 Å². The Morgan fingerprint density at radius 1 is 1.27 bits per heavy atom. The molecule has 3 rings (SSSR count). The molecule has 1 amide bonds. The highest BCUT2D eigenvalue weighted by molar-refractivity contribution is 5.93. The Kier molecular flexibility index (Phi) is 5.42. The molecule has 122 valence electrons. The molecule has 2 aliphatic rings. The van der Waals surface area contributed by atoms with Crippen molar-refractivity contribution in [2.75, 3.05) is 19.6 Å². The van der Waals surface area contributed by atoms with E-state index in [-0.39, 0.29) is 24.1 Å². The first-order valence-electron chi connectivity index (χ1n) is 7.51. The smallest absolute Gasteiger partial charge is 0.321 e. The molecule has 0 radical (unpaired) electrons. The van der Waals surface area contributed by atoms with E-state index in [1.165, 1.54) is 25.0 Å². The van der Waals surface area contributed by atoms with Gasteiger partial charge in [0, 0.05) is 25.2 Å². The lowest BCUT2D eigenvalue weighted by atomic mass is 9.88. The van der Waals surface area contributed by atoms with Crippen molar-refractivity contribution in [1.29, 1.82) is 0 Å². The van der Waals surface area contributed by atoms with E-state index in [0.717, 1.165) is 32.5 Å². The van der Waals surface area contributed by atoms with Crippen LogP contribution in [-0.2, 0) is 0 Å². The number of carbonyl (C=O) groups excluding carboxylic acids is 1. The maximum atomic E-state index is 12.3. The summed E-state index contributed by atoms with van der Waals surface area (Å²) in [6.45, 7) is 2.57.